The largest absolute Gasteiger partial charge is 0.370 e. The predicted molar refractivity (Wildman–Crippen MR) is 393 cm³/mol. The molecule has 570 valence electrons. The second-order valence-corrected chi connectivity index (χ2v) is 26.1. The molecule has 0 bridgehead atoms. The highest BCUT2D eigenvalue weighted by atomic mass is 16.2. The van der Waals surface area contributed by atoms with E-state index < -0.39 is 137 Å². The van der Waals surface area contributed by atoms with Gasteiger partial charge in [-0.1, -0.05) is 105 Å². The molecule has 26 N–H and O–H groups in total. The molecule has 0 saturated carbocycles. The standard InChI is InChI=1S/C70H108N22O12/c1-41(2)37-52(89-61(98)51(30-19-35-81-70(77)78)88-64(101)54(39-46-23-11-7-12-24-46)91-65(102)55(40-47-25-13-8-14-26-47)90-63(100)53(84-44(5)93)38-45-21-9-6-10-22-45)62(99)87-50(29-18-34-80-69(75)76)60(97)86-49(28-17-33-79-68(73)74)59(96)82-42(3)58(95)83-43(4)67(104)92-36-20-31-56(92)66(103)85-48(57(72)94)27-15-16-32-71/h6-14,21-26,41-43,48-56H,15-20,27-40,71H2,1-5H3,(H2,72,94)(H,82,96)(H,83,95)(H,84,93)(H,85,103)(H,86,97)(H,87,99)(H,88,101)(H,89,98)(H,90,100)(H,91,102)(H4,73,74,79)(H4,75,76,80)(H4,77,78,81)/t42-,43+,48+,49+,50+,51+,52+,53+,54+,55+,56+/m1/s1. The summed E-state index contributed by atoms with van der Waals surface area (Å²) in [6, 6.07) is 12.5. The van der Waals surface area contributed by atoms with Gasteiger partial charge in [0.25, 0.3) is 0 Å². The lowest BCUT2D eigenvalue weighted by Gasteiger charge is -2.29. The van der Waals surface area contributed by atoms with Crippen molar-refractivity contribution in [1.82, 2.24) is 58.1 Å². The molecule has 4 rings (SSSR count). The average Bonchev–Trinajstić information content (AvgIpc) is 1.63. The fourth-order valence-electron chi connectivity index (χ4n) is 11.5. The van der Waals surface area contributed by atoms with E-state index in [1.54, 1.807) is 105 Å². The third-order valence-corrected chi connectivity index (χ3v) is 16.8. The third-order valence-electron chi connectivity index (χ3n) is 16.8. The van der Waals surface area contributed by atoms with E-state index in [-0.39, 0.29) is 127 Å². The van der Waals surface area contributed by atoms with Crippen LogP contribution < -0.4 is 99.0 Å². The fraction of sp³-hybridized carbons (Fsp3) is 0.529. The van der Waals surface area contributed by atoms with Crippen LogP contribution in [0, 0.1) is 5.92 Å². The normalized spacial score (nSPS) is 15.3. The second-order valence-electron chi connectivity index (χ2n) is 26.1. The zero-order valence-electron chi connectivity index (χ0n) is 60.0. The van der Waals surface area contributed by atoms with Gasteiger partial charge in [0.2, 0.25) is 70.9 Å². The highest BCUT2D eigenvalue weighted by Crippen LogP contribution is 2.20. The summed E-state index contributed by atoms with van der Waals surface area (Å²) in [5.41, 5.74) is 46.9. The van der Waals surface area contributed by atoms with Gasteiger partial charge in [0.05, 0.1) is 0 Å². The number of benzene rings is 3. The van der Waals surface area contributed by atoms with Crippen LogP contribution in [0.2, 0.25) is 0 Å². The molecular formula is C70H108N22O12. The van der Waals surface area contributed by atoms with Crippen molar-refractivity contribution in [2.75, 3.05) is 32.7 Å². The Morgan fingerprint density at radius 1 is 0.413 bits per heavy atom. The molecule has 0 unspecified atom stereocenters. The zero-order valence-corrected chi connectivity index (χ0v) is 60.0. The maximum atomic E-state index is 14.9. The Balaban J connectivity index is 1.62. The topological polar surface area (TPSA) is 574 Å². The molecule has 3 aromatic carbocycles. The maximum Gasteiger partial charge on any atom is 0.245 e. The molecule has 1 heterocycles. The van der Waals surface area contributed by atoms with E-state index >= 15 is 0 Å². The first kappa shape index (κ1) is 85.5. The van der Waals surface area contributed by atoms with Gasteiger partial charge in [-0.25, -0.2) is 0 Å². The maximum absolute atomic E-state index is 14.9. The van der Waals surface area contributed by atoms with Gasteiger partial charge in [-0.2, -0.15) is 0 Å². The van der Waals surface area contributed by atoms with Gasteiger partial charge in [0.1, 0.15) is 66.5 Å². The van der Waals surface area contributed by atoms with Crippen LogP contribution in [0.4, 0.5) is 0 Å². The number of guanidine groups is 3. The van der Waals surface area contributed by atoms with E-state index in [4.69, 9.17) is 45.9 Å². The van der Waals surface area contributed by atoms with Crippen LogP contribution >= 0.6 is 0 Å². The number of hydrogen-bond donors (Lipinski definition) is 18. The number of hydrogen-bond acceptors (Lipinski definition) is 16. The van der Waals surface area contributed by atoms with Crippen molar-refractivity contribution in [3.8, 4) is 0 Å². The van der Waals surface area contributed by atoms with Crippen LogP contribution in [0.25, 0.3) is 0 Å². The number of carbonyl (C=O) groups is 12. The Morgan fingerprint density at radius 3 is 1.13 bits per heavy atom. The molecule has 0 aliphatic carbocycles. The number of amides is 12. The predicted octanol–water partition coefficient (Wildman–Crippen LogP) is -3.57. The van der Waals surface area contributed by atoms with Gasteiger partial charge < -0.3 is 104 Å². The Kier molecular flexibility index (Phi) is 37.1. The molecule has 1 saturated heterocycles. The average molecular weight is 1450 g/mol. The molecular weight excluding hydrogens is 1340 g/mol. The van der Waals surface area contributed by atoms with Gasteiger partial charge in [-0.15, -0.1) is 0 Å². The lowest BCUT2D eigenvalue weighted by molar-refractivity contribution is -0.142. The summed E-state index contributed by atoms with van der Waals surface area (Å²) < 4.78 is 0. The number of nitrogens with zero attached hydrogens (tertiary/aromatic N) is 4. The number of nitrogens with one attached hydrogen (secondary N) is 10. The van der Waals surface area contributed by atoms with Crippen molar-refractivity contribution in [3.05, 3.63) is 108 Å². The lowest BCUT2D eigenvalue weighted by atomic mass is 10.00. The molecule has 12 amide bonds. The van der Waals surface area contributed by atoms with Crippen LogP contribution in [0.5, 0.6) is 0 Å². The third kappa shape index (κ3) is 31.5. The van der Waals surface area contributed by atoms with Crippen LogP contribution in [-0.4, -0.2) is 193 Å². The second kappa shape index (κ2) is 45.1. The van der Waals surface area contributed by atoms with Crippen LogP contribution in [0.15, 0.2) is 106 Å². The minimum atomic E-state index is -1.45. The van der Waals surface area contributed by atoms with E-state index in [0.717, 1.165) is 5.56 Å². The summed E-state index contributed by atoms with van der Waals surface area (Å²) >= 11 is 0. The molecule has 1 aliphatic rings. The Hall–Kier alpha value is -10.9. The van der Waals surface area contributed by atoms with E-state index in [1.807, 2.05) is 0 Å². The summed E-state index contributed by atoms with van der Waals surface area (Å²) in [5.74, 6) is -10.0. The number of rotatable bonds is 45. The molecule has 0 aromatic heterocycles. The monoisotopic (exact) mass is 1450 g/mol. The Bertz CT molecular complexity index is 3410. The molecule has 1 aliphatic heterocycles. The number of nitrogens with two attached hydrogens (primary N) is 8. The van der Waals surface area contributed by atoms with Crippen molar-refractivity contribution in [3.63, 3.8) is 0 Å². The van der Waals surface area contributed by atoms with Crippen LogP contribution in [-0.2, 0) is 76.8 Å². The number of aliphatic imine (C=N–C) groups is 3. The van der Waals surface area contributed by atoms with Crippen LogP contribution in [0.3, 0.4) is 0 Å². The summed E-state index contributed by atoms with van der Waals surface area (Å²) in [6.07, 6.45) is 1.96. The number of unbranched alkanes of at least 4 members (excludes halogenated alkanes) is 1. The molecule has 34 heteroatoms. The van der Waals surface area contributed by atoms with Crippen molar-refractivity contribution in [2.45, 2.75) is 197 Å². The van der Waals surface area contributed by atoms with Gasteiger partial charge in [0, 0.05) is 52.4 Å². The number of carbonyl (C=O) groups excluding carboxylic acids is 12. The quantitative estimate of drug-likeness (QED) is 0.0148. The highest BCUT2D eigenvalue weighted by Gasteiger charge is 2.39. The number of primary amides is 1. The summed E-state index contributed by atoms with van der Waals surface area (Å²) in [7, 11) is 0. The lowest BCUT2D eigenvalue weighted by Crippen LogP contribution is -2.61. The first-order valence-electron chi connectivity index (χ1n) is 35.0. The smallest absolute Gasteiger partial charge is 0.245 e. The molecule has 1 fully saturated rings. The van der Waals surface area contributed by atoms with E-state index in [9.17, 15) is 57.5 Å². The fourth-order valence-corrected chi connectivity index (χ4v) is 11.5. The highest BCUT2D eigenvalue weighted by molar-refractivity contribution is 5.99. The Morgan fingerprint density at radius 2 is 0.760 bits per heavy atom. The van der Waals surface area contributed by atoms with Crippen molar-refractivity contribution < 1.29 is 57.5 Å². The SMILES string of the molecule is CC(=O)N[C@@H](Cc1ccccc1)C(=O)N[C@@H](Cc1ccccc1)C(=O)N[C@@H](Cc1ccccc1)C(=O)N[C@@H](CCCN=C(N)N)C(=O)N[C@@H](CC(C)C)C(=O)N[C@@H](CCCN=C(N)N)C(=O)N[C@@H](CCCN=C(N)N)C(=O)N[C@H](C)C(=O)N[C@@H](C)C(=O)N1CCC[C@H]1C(=O)N[C@@H](CCCCN)C(N)=O. The summed E-state index contributed by atoms with van der Waals surface area (Å²) in [6.45, 7) is 8.13. The zero-order chi connectivity index (χ0) is 76.8. The van der Waals surface area contributed by atoms with E-state index in [1.165, 1.54) is 25.7 Å². The van der Waals surface area contributed by atoms with Crippen molar-refractivity contribution in [2.24, 2.45) is 66.8 Å². The van der Waals surface area contributed by atoms with Gasteiger partial charge in [-0.05, 0) is 120 Å². The first-order valence-corrected chi connectivity index (χ1v) is 35.0. The summed E-state index contributed by atoms with van der Waals surface area (Å²) in [5, 5.41) is 27.1. The minimum Gasteiger partial charge on any atom is -0.370 e. The summed E-state index contributed by atoms with van der Waals surface area (Å²) in [4.78, 5) is 182. The molecule has 11 atom stereocenters. The van der Waals surface area contributed by atoms with E-state index in [2.05, 4.69) is 68.1 Å². The van der Waals surface area contributed by atoms with Crippen molar-refractivity contribution >= 4 is 88.8 Å². The molecule has 0 radical (unpaired) electrons. The van der Waals surface area contributed by atoms with Gasteiger partial charge in [-0.3, -0.25) is 72.5 Å². The van der Waals surface area contributed by atoms with Gasteiger partial charge >= 0.3 is 0 Å². The molecule has 0 spiro atoms. The van der Waals surface area contributed by atoms with Crippen molar-refractivity contribution in [1.29, 1.82) is 0 Å². The molecule has 34 nitrogen and oxygen atoms in total. The van der Waals surface area contributed by atoms with Crippen LogP contribution in [0.1, 0.15) is 128 Å². The molecule has 104 heavy (non-hydrogen) atoms. The van der Waals surface area contributed by atoms with Gasteiger partial charge in [0.15, 0.2) is 17.9 Å². The molecule has 3 aromatic rings. The minimum absolute atomic E-state index is 0.00459. The Labute approximate surface area is 606 Å². The number of likely N-dealkylation sites (tertiary alicyclic amines) is 1. The first-order chi connectivity index (χ1) is 49.5. The van der Waals surface area contributed by atoms with E-state index in [0.29, 0.717) is 36.9 Å².